The number of rotatable bonds is 49. The Bertz CT molecular complexity index is 1640. The molecule has 0 aromatic carbocycles. The molecule has 2 unspecified atom stereocenters. The Kier molecular flexibility index (Phi) is 49.4. The molecule has 0 aliphatic carbocycles. The molecule has 406 valence electrons. The van der Waals surface area contributed by atoms with E-state index in [-0.39, 0.29) is 38.6 Å². The maximum Gasteiger partial charge on any atom is 0.361 e. The zero-order valence-electron chi connectivity index (χ0n) is 46.0. The van der Waals surface area contributed by atoms with E-state index in [0.29, 0.717) is 17.4 Å². The topological polar surface area (TPSA) is 108 Å². The third kappa shape index (κ3) is 53.2. The van der Waals surface area contributed by atoms with Crippen LogP contribution in [-0.2, 0) is 33.3 Å². The molecule has 9 heteroatoms. The largest absolute Gasteiger partial charge is 0.477 e. The number of ether oxygens (including phenoxy) is 4. The second-order valence-electron chi connectivity index (χ2n) is 19.2. The van der Waals surface area contributed by atoms with Crippen molar-refractivity contribution in [3.63, 3.8) is 0 Å². The highest BCUT2D eigenvalue weighted by atomic mass is 16.7. The minimum absolute atomic E-state index is 0.170. The zero-order chi connectivity index (χ0) is 52.7. The van der Waals surface area contributed by atoms with Gasteiger partial charge in [-0.2, -0.15) is 0 Å². The molecule has 72 heavy (non-hydrogen) atoms. The van der Waals surface area contributed by atoms with Crippen LogP contribution in [0.15, 0.2) is 134 Å². The molecule has 0 bridgehead atoms. The van der Waals surface area contributed by atoms with E-state index in [2.05, 4.69) is 148 Å². The number of nitrogens with zero attached hydrogens (tertiary/aromatic N) is 1. The average molecular weight is 1000 g/mol. The molecule has 9 nitrogen and oxygen atoms in total. The second kappa shape index (κ2) is 52.7. The quantitative estimate of drug-likeness (QED) is 0.0211. The van der Waals surface area contributed by atoms with Crippen LogP contribution in [0.1, 0.15) is 187 Å². The lowest BCUT2D eigenvalue weighted by Crippen LogP contribution is -2.40. The summed E-state index contributed by atoms with van der Waals surface area (Å²) in [7, 11) is 5.93. The molecule has 2 atom stereocenters. The van der Waals surface area contributed by atoms with Crippen molar-refractivity contribution in [2.24, 2.45) is 0 Å². The van der Waals surface area contributed by atoms with Gasteiger partial charge in [0, 0.05) is 12.8 Å². The van der Waals surface area contributed by atoms with Gasteiger partial charge in [-0.15, -0.1) is 0 Å². The number of hydrogen-bond donors (Lipinski definition) is 1. The number of esters is 2. The monoisotopic (exact) mass is 1000 g/mol. The number of carboxylic acid groups (broad SMARTS) is 1. The number of hydrogen-bond acceptors (Lipinski definition) is 7. The SMILES string of the molecule is CC/C=C\C/C=C\C/C=C\C/C=C\C/C=C\C/C=C\C/C=C\C/C=C\C/C=C\C/C=C\CCCCC(=O)OC(COC(=O)CCCCCCC/C=C\CCCCCCC)COC(OCC[N+](C)(C)C)C(=O)O. The van der Waals surface area contributed by atoms with Gasteiger partial charge in [0.25, 0.3) is 6.29 Å². The maximum absolute atomic E-state index is 12.8. The molecule has 0 radical (unpaired) electrons. The smallest absolute Gasteiger partial charge is 0.361 e. The van der Waals surface area contributed by atoms with Gasteiger partial charge in [0.1, 0.15) is 13.2 Å². The highest BCUT2D eigenvalue weighted by molar-refractivity contribution is 5.71. The van der Waals surface area contributed by atoms with Crippen molar-refractivity contribution in [2.75, 3.05) is 47.5 Å². The van der Waals surface area contributed by atoms with Crippen LogP contribution in [0.25, 0.3) is 0 Å². The molecule has 0 saturated heterocycles. The third-order valence-corrected chi connectivity index (χ3v) is 11.1. The normalized spacial score (nSPS) is 13.8. The number of allylic oxidation sites excluding steroid dienone is 22. The molecule has 0 aliphatic rings. The molecule has 0 aromatic rings. The average Bonchev–Trinajstić information content (AvgIpc) is 3.35. The summed E-state index contributed by atoms with van der Waals surface area (Å²) in [6.07, 6.45) is 72.5. The van der Waals surface area contributed by atoms with Crippen molar-refractivity contribution < 1.29 is 42.9 Å². The molecule has 0 rings (SSSR count). The standard InChI is InChI=1S/C63H101NO8/c1-6-8-10-12-14-16-18-20-22-23-24-25-26-27-28-29-30-31-32-33-34-35-36-37-38-39-40-42-44-46-48-50-52-54-61(66)72-59(58-71-63(62(67)68)69-56-55-64(3,4)5)57-70-60(65)53-51-49-47-45-43-41-21-19-17-15-13-11-9-7-2/h8,10,14,16,19-22,24-25,27-28,30-31,33-34,36-37,39-40,44,46,59,63H,6-7,9,11-13,15,17-18,23,26,29,32,35,38,41-43,45,47-58H2,1-5H3/p+1/b10-8-,16-14-,21-19-,22-20-,25-24-,28-27-,31-30-,34-33-,37-36-,40-39-,46-44-. The first kappa shape index (κ1) is 67.4. The molecule has 0 aliphatic heterocycles. The number of aliphatic carboxylic acids is 1. The molecule has 0 aromatic heterocycles. The van der Waals surface area contributed by atoms with Crippen LogP contribution >= 0.6 is 0 Å². The van der Waals surface area contributed by atoms with E-state index in [1.165, 1.54) is 38.5 Å². The molecule has 0 saturated carbocycles. The predicted molar refractivity (Wildman–Crippen MR) is 304 cm³/mol. The number of quaternary nitrogens is 1. The minimum atomic E-state index is -1.53. The molecule has 0 amide bonds. The first-order chi connectivity index (χ1) is 35.1. The van der Waals surface area contributed by atoms with E-state index < -0.39 is 24.3 Å². The summed E-state index contributed by atoms with van der Waals surface area (Å²) < 4.78 is 22.7. The highest BCUT2D eigenvalue weighted by Gasteiger charge is 2.25. The fourth-order valence-corrected chi connectivity index (χ4v) is 6.86. The van der Waals surface area contributed by atoms with Crippen molar-refractivity contribution in [1.82, 2.24) is 0 Å². The summed E-state index contributed by atoms with van der Waals surface area (Å²) in [5, 5.41) is 9.68. The summed E-state index contributed by atoms with van der Waals surface area (Å²) in [5.74, 6) is -2.10. The predicted octanol–water partition coefficient (Wildman–Crippen LogP) is 16.3. The van der Waals surface area contributed by atoms with Crippen molar-refractivity contribution >= 4 is 17.9 Å². The number of unbranched alkanes of at least 4 members (excludes halogenated alkanes) is 12. The van der Waals surface area contributed by atoms with Gasteiger partial charge >= 0.3 is 17.9 Å². The highest BCUT2D eigenvalue weighted by Crippen LogP contribution is 2.12. The summed E-state index contributed by atoms with van der Waals surface area (Å²) in [6, 6.07) is 0. The molecular weight excluding hydrogens is 899 g/mol. The summed E-state index contributed by atoms with van der Waals surface area (Å²) in [6.45, 7) is 4.66. The number of carbonyl (C=O) groups excluding carboxylic acids is 2. The summed E-state index contributed by atoms with van der Waals surface area (Å²) >= 11 is 0. The number of carboxylic acids is 1. The third-order valence-electron chi connectivity index (χ3n) is 11.1. The van der Waals surface area contributed by atoms with Gasteiger partial charge in [0.2, 0.25) is 0 Å². The van der Waals surface area contributed by atoms with Crippen LogP contribution in [0.2, 0.25) is 0 Å². The van der Waals surface area contributed by atoms with E-state index in [9.17, 15) is 19.5 Å². The lowest BCUT2D eigenvalue weighted by molar-refractivity contribution is -0.870. The Morgan fingerprint density at radius 3 is 1.22 bits per heavy atom. The summed E-state index contributed by atoms with van der Waals surface area (Å²) in [4.78, 5) is 37.3. The Morgan fingerprint density at radius 2 is 0.792 bits per heavy atom. The molecule has 1 N–H and O–H groups in total. The Balaban J connectivity index is 4.38. The summed E-state index contributed by atoms with van der Waals surface area (Å²) in [5.41, 5.74) is 0. The van der Waals surface area contributed by atoms with E-state index in [4.69, 9.17) is 18.9 Å². The number of carbonyl (C=O) groups is 3. The Morgan fingerprint density at radius 1 is 0.431 bits per heavy atom. The van der Waals surface area contributed by atoms with E-state index in [0.717, 1.165) is 116 Å². The van der Waals surface area contributed by atoms with Crippen molar-refractivity contribution in [2.45, 2.75) is 200 Å². The minimum Gasteiger partial charge on any atom is -0.477 e. The molecular formula is C63H102NO8+. The van der Waals surface area contributed by atoms with Gasteiger partial charge in [-0.3, -0.25) is 9.59 Å². The van der Waals surface area contributed by atoms with Crippen LogP contribution in [0.4, 0.5) is 0 Å². The van der Waals surface area contributed by atoms with E-state index in [1.54, 1.807) is 0 Å². The van der Waals surface area contributed by atoms with Gasteiger partial charge < -0.3 is 28.5 Å². The second-order valence-corrected chi connectivity index (χ2v) is 19.2. The molecule has 0 heterocycles. The van der Waals surface area contributed by atoms with Crippen LogP contribution in [0, 0.1) is 0 Å². The Hall–Kier alpha value is -4.57. The van der Waals surface area contributed by atoms with Gasteiger partial charge in [0.05, 0.1) is 34.4 Å². The van der Waals surface area contributed by atoms with Crippen LogP contribution in [0.3, 0.4) is 0 Å². The first-order valence-corrected chi connectivity index (χ1v) is 27.8. The maximum atomic E-state index is 12.8. The van der Waals surface area contributed by atoms with Crippen molar-refractivity contribution in [1.29, 1.82) is 0 Å². The lowest BCUT2D eigenvalue weighted by atomic mass is 10.1. The fourth-order valence-electron chi connectivity index (χ4n) is 6.86. The molecule has 0 spiro atoms. The van der Waals surface area contributed by atoms with Gasteiger partial charge in [0.15, 0.2) is 6.10 Å². The lowest BCUT2D eigenvalue weighted by Gasteiger charge is -2.25. The van der Waals surface area contributed by atoms with Crippen LogP contribution in [0.5, 0.6) is 0 Å². The van der Waals surface area contributed by atoms with Crippen LogP contribution < -0.4 is 0 Å². The fraction of sp³-hybridized carbons (Fsp3) is 0.603. The van der Waals surface area contributed by atoms with E-state index in [1.807, 2.05) is 21.1 Å². The molecule has 0 fully saturated rings. The zero-order valence-corrected chi connectivity index (χ0v) is 46.0. The van der Waals surface area contributed by atoms with Crippen molar-refractivity contribution in [3.8, 4) is 0 Å². The van der Waals surface area contributed by atoms with E-state index >= 15 is 0 Å². The van der Waals surface area contributed by atoms with Gasteiger partial charge in [-0.05, 0) is 116 Å². The number of likely N-dealkylation sites (N-methyl/N-ethyl adjacent to an activating group) is 1. The van der Waals surface area contributed by atoms with Gasteiger partial charge in [-0.25, -0.2) is 4.79 Å². The van der Waals surface area contributed by atoms with Gasteiger partial charge in [-0.1, -0.05) is 192 Å². The Labute approximate surface area is 439 Å². The van der Waals surface area contributed by atoms with Crippen molar-refractivity contribution in [3.05, 3.63) is 134 Å². The first-order valence-electron chi connectivity index (χ1n) is 27.8. The van der Waals surface area contributed by atoms with Crippen LogP contribution in [-0.4, -0.2) is 87.4 Å².